The zero-order chi connectivity index (χ0) is 19.8. The summed E-state index contributed by atoms with van der Waals surface area (Å²) in [7, 11) is 1.64. The molecule has 29 heavy (non-hydrogen) atoms. The summed E-state index contributed by atoms with van der Waals surface area (Å²) in [4.78, 5) is 23.0. The molecule has 1 aliphatic heterocycles. The van der Waals surface area contributed by atoms with Gasteiger partial charge >= 0.3 is 0 Å². The predicted molar refractivity (Wildman–Crippen MR) is 118 cm³/mol. The van der Waals surface area contributed by atoms with Gasteiger partial charge in [0.25, 0.3) is 0 Å². The lowest BCUT2D eigenvalue weighted by molar-refractivity contribution is -0.115. The molecule has 2 N–H and O–H groups in total. The van der Waals surface area contributed by atoms with Crippen LogP contribution in [-0.2, 0) is 11.2 Å². The summed E-state index contributed by atoms with van der Waals surface area (Å²) in [6.45, 7) is 2.16. The second-order valence-corrected chi connectivity index (χ2v) is 8.33. The van der Waals surface area contributed by atoms with E-state index in [1.807, 2.05) is 42.6 Å². The Bertz CT molecular complexity index is 1190. The van der Waals surface area contributed by atoms with Crippen molar-refractivity contribution in [3.05, 3.63) is 48.2 Å². The third kappa shape index (κ3) is 3.53. The van der Waals surface area contributed by atoms with Gasteiger partial charge in [-0.25, -0.2) is 4.98 Å². The van der Waals surface area contributed by atoms with Crippen LogP contribution in [0.1, 0.15) is 18.4 Å². The van der Waals surface area contributed by atoms with Crippen molar-refractivity contribution in [3.8, 4) is 5.75 Å². The number of methoxy groups -OCH3 is 1. The van der Waals surface area contributed by atoms with Crippen molar-refractivity contribution < 1.29 is 9.53 Å². The molecule has 0 spiro atoms. The predicted octanol–water partition coefficient (Wildman–Crippen LogP) is 4.57. The Balaban J connectivity index is 1.33. The van der Waals surface area contributed by atoms with E-state index in [1.54, 1.807) is 18.4 Å². The number of hydrogen-bond acceptors (Lipinski definition) is 5. The highest BCUT2D eigenvalue weighted by Gasteiger charge is 2.17. The lowest BCUT2D eigenvalue weighted by Crippen LogP contribution is -2.16. The Morgan fingerprint density at radius 1 is 1.24 bits per heavy atom. The minimum absolute atomic E-state index is 0.0441. The summed E-state index contributed by atoms with van der Waals surface area (Å²) in [6.07, 6.45) is 4.65. The number of fused-ring (bicyclic) bond motifs is 2. The van der Waals surface area contributed by atoms with Crippen LogP contribution < -0.4 is 15.0 Å². The maximum absolute atomic E-state index is 12.7. The molecule has 1 fully saturated rings. The molecule has 0 bridgehead atoms. The molecule has 3 heterocycles. The number of thiazole rings is 1. The highest BCUT2D eigenvalue weighted by molar-refractivity contribution is 7.22. The number of nitrogens with one attached hydrogen (secondary N) is 2. The Labute approximate surface area is 172 Å². The SMILES string of the molecule is COc1ccc2[nH]cc(CC(=O)Nc3ccc4nc(N5CCCC5)sc4c3)c2c1. The van der Waals surface area contributed by atoms with Gasteiger partial charge in [0.15, 0.2) is 5.13 Å². The first-order valence-electron chi connectivity index (χ1n) is 9.79. The highest BCUT2D eigenvalue weighted by atomic mass is 32.1. The number of anilines is 2. The van der Waals surface area contributed by atoms with Gasteiger partial charge < -0.3 is 19.9 Å². The van der Waals surface area contributed by atoms with Gasteiger partial charge in [-0.05, 0) is 54.8 Å². The van der Waals surface area contributed by atoms with Gasteiger partial charge in [0.2, 0.25) is 5.91 Å². The van der Waals surface area contributed by atoms with Crippen LogP contribution in [0.4, 0.5) is 10.8 Å². The largest absolute Gasteiger partial charge is 0.497 e. The van der Waals surface area contributed by atoms with E-state index < -0.39 is 0 Å². The van der Waals surface area contributed by atoms with Crippen LogP contribution in [0.2, 0.25) is 0 Å². The number of benzene rings is 2. The van der Waals surface area contributed by atoms with Gasteiger partial charge in [-0.15, -0.1) is 0 Å². The number of ether oxygens (including phenoxy) is 1. The summed E-state index contributed by atoms with van der Waals surface area (Å²) in [5, 5.41) is 5.11. The first-order chi connectivity index (χ1) is 14.2. The second kappa shape index (κ2) is 7.40. The van der Waals surface area contributed by atoms with Crippen molar-refractivity contribution in [1.29, 1.82) is 0 Å². The van der Waals surface area contributed by atoms with E-state index in [1.165, 1.54) is 12.8 Å². The molecule has 2 aromatic carbocycles. The van der Waals surface area contributed by atoms with Gasteiger partial charge in [0.05, 0.1) is 23.7 Å². The van der Waals surface area contributed by atoms with Gasteiger partial charge in [-0.3, -0.25) is 4.79 Å². The number of aromatic nitrogens is 2. The van der Waals surface area contributed by atoms with Crippen molar-refractivity contribution in [1.82, 2.24) is 9.97 Å². The number of hydrogen-bond donors (Lipinski definition) is 2. The van der Waals surface area contributed by atoms with Crippen molar-refractivity contribution in [2.24, 2.45) is 0 Å². The normalized spacial score (nSPS) is 14.0. The Morgan fingerprint density at radius 2 is 2.10 bits per heavy atom. The minimum atomic E-state index is -0.0441. The monoisotopic (exact) mass is 406 g/mol. The van der Waals surface area contributed by atoms with Gasteiger partial charge in [0.1, 0.15) is 5.75 Å². The highest BCUT2D eigenvalue weighted by Crippen LogP contribution is 2.32. The van der Waals surface area contributed by atoms with Crippen LogP contribution in [0, 0.1) is 0 Å². The van der Waals surface area contributed by atoms with E-state index in [0.29, 0.717) is 6.42 Å². The lowest BCUT2D eigenvalue weighted by atomic mass is 10.1. The molecule has 1 saturated heterocycles. The number of rotatable bonds is 5. The molecular weight excluding hydrogens is 384 g/mol. The molecule has 148 valence electrons. The molecule has 0 saturated carbocycles. The summed E-state index contributed by atoms with van der Waals surface area (Å²) in [6, 6.07) is 11.7. The van der Waals surface area contributed by atoms with Crippen molar-refractivity contribution in [2.75, 3.05) is 30.4 Å². The fourth-order valence-electron chi connectivity index (χ4n) is 3.84. The molecule has 4 aromatic rings. The summed E-state index contributed by atoms with van der Waals surface area (Å²) in [5.74, 6) is 0.737. The maximum Gasteiger partial charge on any atom is 0.228 e. The molecule has 0 atom stereocenters. The number of carbonyl (C=O) groups is 1. The van der Waals surface area contributed by atoms with E-state index in [0.717, 1.165) is 56.3 Å². The third-order valence-electron chi connectivity index (χ3n) is 5.36. The van der Waals surface area contributed by atoms with Crippen LogP contribution in [-0.4, -0.2) is 36.1 Å². The van der Waals surface area contributed by atoms with Gasteiger partial charge in [0, 0.05) is 35.9 Å². The van der Waals surface area contributed by atoms with Crippen LogP contribution in [0.3, 0.4) is 0 Å². The lowest BCUT2D eigenvalue weighted by Gasteiger charge is -2.11. The van der Waals surface area contributed by atoms with E-state index >= 15 is 0 Å². The van der Waals surface area contributed by atoms with E-state index in [9.17, 15) is 4.79 Å². The molecule has 1 aliphatic rings. The quantitative estimate of drug-likeness (QED) is 0.509. The zero-order valence-corrected chi connectivity index (χ0v) is 17.0. The molecule has 7 heteroatoms. The number of nitrogens with zero attached hydrogens (tertiary/aromatic N) is 2. The molecule has 0 unspecified atom stereocenters. The molecule has 2 aromatic heterocycles. The summed E-state index contributed by atoms with van der Waals surface area (Å²) >= 11 is 1.69. The first-order valence-corrected chi connectivity index (χ1v) is 10.6. The maximum atomic E-state index is 12.7. The number of amides is 1. The van der Waals surface area contributed by atoms with Crippen molar-refractivity contribution in [3.63, 3.8) is 0 Å². The van der Waals surface area contributed by atoms with Gasteiger partial charge in [-0.2, -0.15) is 0 Å². The average Bonchev–Trinajstić information content (AvgIpc) is 3.47. The average molecular weight is 407 g/mol. The smallest absolute Gasteiger partial charge is 0.228 e. The molecule has 5 rings (SSSR count). The Hall–Kier alpha value is -3.06. The molecule has 1 amide bonds. The summed E-state index contributed by atoms with van der Waals surface area (Å²) < 4.78 is 6.40. The number of H-pyrrole nitrogens is 1. The number of carbonyl (C=O) groups excluding carboxylic acids is 1. The van der Waals surface area contributed by atoms with Gasteiger partial charge in [-0.1, -0.05) is 11.3 Å². The molecule has 0 aliphatic carbocycles. The summed E-state index contributed by atoms with van der Waals surface area (Å²) in [5.41, 5.74) is 3.73. The fourth-order valence-corrected chi connectivity index (χ4v) is 4.90. The van der Waals surface area contributed by atoms with E-state index in [2.05, 4.69) is 15.2 Å². The molecular formula is C22H22N4O2S. The third-order valence-corrected chi connectivity index (χ3v) is 6.44. The second-order valence-electron chi connectivity index (χ2n) is 7.32. The topological polar surface area (TPSA) is 70.2 Å². The van der Waals surface area contributed by atoms with E-state index in [-0.39, 0.29) is 5.91 Å². The van der Waals surface area contributed by atoms with Crippen LogP contribution in [0.25, 0.3) is 21.1 Å². The zero-order valence-electron chi connectivity index (χ0n) is 16.2. The Kier molecular flexibility index (Phi) is 4.60. The fraction of sp³-hybridized carbons (Fsp3) is 0.273. The van der Waals surface area contributed by atoms with E-state index in [4.69, 9.17) is 9.72 Å². The van der Waals surface area contributed by atoms with Crippen LogP contribution in [0.5, 0.6) is 5.75 Å². The standard InChI is InChI=1S/C22H22N4O2S/c1-28-16-5-7-18-17(12-16)14(13-23-18)10-21(27)24-15-4-6-19-20(11-15)29-22(25-19)26-8-2-3-9-26/h4-7,11-13,23H,2-3,8-10H2,1H3,(H,24,27). The van der Waals surface area contributed by atoms with Crippen molar-refractivity contribution >= 4 is 49.2 Å². The first kappa shape index (κ1) is 18.0. The minimum Gasteiger partial charge on any atom is -0.497 e. The van der Waals surface area contributed by atoms with Crippen LogP contribution >= 0.6 is 11.3 Å². The Morgan fingerprint density at radius 3 is 2.93 bits per heavy atom. The van der Waals surface area contributed by atoms with Crippen molar-refractivity contribution in [2.45, 2.75) is 19.3 Å². The molecule has 6 nitrogen and oxygen atoms in total. The molecule has 0 radical (unpaired) electrons. The van der Waals surface area contributed by atoms with Crippen LogP contribution in [0.15, 0.2) is 42.6 Å². The number of aromatic amines is 1.